The van der Waals surface area contributed by atoms with Crippen LogP contribution >= 0.6 is 0 Å². The van der Waals surface area contributed by atoms with Gasteiger partial charge in [-0.25, -0.2) is 0 Å². The molecular formula is C19H38N2O. The van der Waals surface area contributed by atoms with Crippen molar-refractivity contribution in [3.05, 3.63) is 0 Å². The summed E-state index contributed by atoms with van der Waals surface area (Å²) in [5.41, 5.74) is 0. The Morgan fingerprint density at radius 3 is 2.36 bits per heavy atom. The third-order valence-corrected chi connectivity index (χ3v) is 5.39. The number of nitrogens with one attached hydrogen (secondary N) is 2. The minimum absolute atomic E-state index is 0.460. The van der Waals surface area contributed by atoms with Crippen LogP contribution < -0.4 is 10.6 Å². The Kier molecular flexibility index (Phi) is 8.19. The number of hydrogen-bond donors (Lipinski definition) is 2. The number of ether oxygens (including phenoxy) is 1. The first-order chi connectivity index (χ1) is 10.6. The molecule has 1 aliphatic carbocycles. The molecule has 3 atom stereocenters. The van der Waals surface area contributed by atoms with Crippen LogP contribution in [0, 0.1) is 11.8 Å². The maximum Gasteiger partial charge on any atom is 0.0593 e. The summed E-state index contributed by atoms with van der Waals surface area (Å²) in [4.78, 5) is 0. The van der Waals surface area contributed by atoms with E-state index in [1.165, 1.54) is 57.9 Å². The van der Waals surface area contributed by atoms with Crippen molar-refractivity contribution in [2.45, 2.75) is 90.3 Å². The topological polar surface area (TPSA) is 33.3 Å². The van der Waals surface area contributed by atoms with Crippen molar-refractivity contribution in [3.63, 3.8) is 0 Å². The third kappa shape index (κ3) is 6.97. The summed E-state index contributed by atoms with van der Waals surface area (Å²) in [6.07, 6.45) is 11.3. The van der Waals surface area contributed by atoms with Crippen LogP contribution in [-0.2, 0) is 4.74 Å². The first-order valence-electron chi connectivity index (χ1n) is 9.72. The predicted octanol–water partition coefficient (Wildman–Crippen LogP) is 3.73. The number of hydrogen-bond acceptors (Lipinski definition) is 3. The molecule has 22 heavy (non-hydrogen) atoms. The van der Waals surface area contributed by atoms with Gasteiger partial charge in [-0.3, -0.25) is 0 Å². The first-order valence-corrected chi connectivity index (χ1v) is 9.72. The Balaban J connectivity index is 1.61. The van der Waals surface area contributed by atoms with Crippen molar-refractivity contribution in [3.8, 4) is 0 Å². The molecule has 1 saturated carbocycles. The maximum absolute atomic E-state index is 6.01. The van der Waals surface area contributed by atoms with Gasteiger partial charge in [-0.2, -0.15) is 0 Å². The zero-order chi connectivity index (χ0) is 15.8. The molecule has 0 radical (unpaired) electrons. The molecule has 0 spiro atoms. The van der Waals surface area contributed by atoms with Gasteiger partial charge >= 0.3 is 0 Å². The largest absolute Gasteiger partial charge is 0.378 e. The van der Waals surface area contributed by atoms with E-state index in [9.17, 15) is 0 Å². The molecule has 0 aromatic carbocycles. The van der Waals surface area contributed by atoms with Gasteiger partial charge in [-0.15, -0.1) is 0 Å². The Morgan fingerprint density at radius 2 is 1.64 bits per heavy atom. The van der Waals surface area contributed by atoms with Gasteiger partial charge in [0.25, 0.3) is 0 Å². The quantitative estimate of drug-likeness (QED) is 0.717. The zero-order valence-electron chi connectivity index (χ0n) is 15.1. The van der Waals surface area contributed by atoms with Crippen molar-refractivity contribution in [1.82, 2.24) is 10.6 Å². The van der Waals surface area contributed by atoms with Crippen molar-refractivity contribution < 1.29 is 4.74 Å². The van der Waals surface area contributed by atoms with Crippen molar-refractivity contribution in [2.24, 2.45) is 11.8 Å². The molecule has 3 heteroatoms. The normalized spacial score (nSPS) is 28.9. The van der Waals surface area contributed by atoms with Crippen LogP contribution in [-0.4, -0.2) is 37.9 Å². The van der Waals surface area contributed by atoms with E-state index in [-0.39, 0.29) is 0 Å². The second kappa shape index (κ2) is 9.89. The van der Waals surface area contributed by atoms with Gasteiger partial charge in [-0.1, -0.05) is 33.1 Å². The van der Waals surface area contributed by atoms with Crippen LogP contribution in [0.2, 0.25) is 0 Å². The van der Waals surface area contributed by atoms with Gasteiger partial charge in [0.15, 0.2) is 0 Å². The van der Waals surface area contributed by atoms with Crippen LogP contribution in [0.1, 0.15) is 72.1 Å². The Labute approximate surface area is 138 Å². The lowest BCUT2D eigenvalue weighted by atomic mass is 9.89. The Hall–Kier alpha value is -0.120. The lowest BCUT2D eigenvalue weighted by molar-refractivity contribution is -0.0175. The number of rotatable bonds is 8. The highest BCUT2D eigenvalue weighted by atomic mass is 16.5. The standard InChI is InChI=1S/C19H38N2O/c1-15(2)20-14-18-9-10-22-19(12-18)11-16(3)21-13-17-7-5-4-6-8-17/h15-21H,4-14H2,1-3H3. The van der Waals surface area contributed by atoms with Gasteiger partial charge in [0, 0.05) is 18.7 Å². The van der Waals surface area contributed by atoms with E-state index in [1.54, 1.807) is 0 Å². The third-order valence-electron chi connectivity index (χ3n) is 5.39. The van der Waals surface area contributed by atoms with E-state index in [0.29, 0.717) is 18.2 Å². The second-order valence-corrected chi connectivity index (χ2v) is 8.00. The fourth-order valence-corrected chi connectivity index (χ4v) is 3.95. The van der Waals surface area contributed by atoms with Crippen molar-refractivity contribution >= 4 is 0 Å². The highest BCUT2D eigenvalue weighted by Crippen LogP contribution is 2.24. The smallest absolute Gasteiger partial charge is 0.0593 e. The molecule has 2 aliphatic rings. The van der Waals surface area contributed by atoms with E-state index >= 15 is 0 Å². The fraction of sp³-hybridized carbons (Fsp3) is 1.00. The highest BCUT2D eigenvalue weighted by Gasteiger charge is 2.24. The molecule has 0 aromatic heterocycles. The zero-order valence-corrected chi connectivity index (χ0v) is 15.1. The van der Waals surface area contributed by atoms with Gasteiger partial charge in [0.05, 0.1) is 6.10 Å². The predicted molar refractivity (Wildman–Crippen MR) is 94.3 cm³/mol. The molecule has 3 unspecified atom stereocenters. The maximum atomic E-state index is 6.01. The van der Waals surface area contributed by atoms with Crippen molar-refractivity contribution in [1.29, 1.82) is 0 Å². The summed E-state index contributed by atoms with van der Waals surface area (Å²) in [6.45, 7) is 10.1. The lowest BCUT2D eigenvalue weighted by Gasteiger charge is -2.32. The van der Waals surface area contributed by atoms with Crippen LogP contribution in [0.25, 0.3) is 0 Å². The summed E-state index contributed by atoms with van der Waals surface area (Å²) in [5.74, 6) is 1.72. The summed E-state index contributed by atoms with van der Waals surface area (Å²) in [5, 5.41) is 7.36. The minimum atomic E-state index is 0.460. The molecule has 0 bridgehead atoms. The van der Waals surface area contributed by atoms with E-state index in [0.717, 1.165) is 25.0 Å². The van der Waals surface area contributed by atoms with E-state index < -0.39 is 0 Å². The molecule has 1 heterocycles. The molecular weight excluding hydrogens is 272 g/mol. The van der Waals surface area contributed by atoms with E-state index in [1.807, 2.05) is 0 Å². The van der Waals surface area contributed by atoms with Crippen LogP contribution in [0.15, 0.2) is 0 Å². The molecule has 130 valence electrons. The van der Waals surface area contributed by atoms with Gasteiger partial charge in [-0.05, 0) is 64.0 Å². The van der Waals surface area contributed by atoms with E-state index in [2.05, 4.69) is 31.4 Å². The fourth-order valence-electron chi connectivity index (χ4n) is 3.95. The molecule has 2 fully saturated rings. The second-order valence-electron chi connectivity index (χ2n) is 8.00. The molecule has 1 saturated heterocycles. The average molecular weight is 311 g/mol. The molecule has 2 rings (SSSR count). The molecule has 0 amide bonds. The van der Waals surface area contributed by atoms with Crippen LogP contribution in [0.5, 0.6) is 0 Å². The van der Waals surface area contributed by atoms with Crippen LogP contribution in [0.4, 0.5) is 0 Å². The summed E-state index contributed by atoms with van der Waals surface area (Å²) in [6, 6.07) is 1.18. The van der Waals surface area contributed by atoms with Gasteiger partial charge in [0.2, 0.25) is 0 Å². The lowest BCUT2D eigenvalue weighted by Crippen LogP contribution is -2.39. The SMILES string of the molecule is CC(C)NCC1CCOC(CC(C)NCC2CCCCC2)C1. The summed E-state index contributed by atoms with van der Waals surface area (Å²) < 4.78 is 6.01. The molecule has 2 N–H and O–H groups in total. The monoisotopic (exact) mass is 310 g/mol. The first kappa shape index (κ1) is 18.2. The summed E-state index contributed by atoms with van der Waals surface area (Å²) >= 11 is 0. The van der Waals surface area contributed by atoms with Gasteiger partial charge in [0.1, 0.15) is 0 Å². The molecule has 0 aromatic rings. The molecule has 3 nitrogen and oxygen atoms in total. The van der Waals surface area contributed by atoms with E-state index in [4.69, 9.17) is 4.74 Å². The Morgan fingerprint density at radius 1 is 0.909 bits per heavy atom. The Bertz CT molecular complexity index is 289. The minimum Gasteiger partial charge on any atom is -0.378 e. The molecule has 1 aliphatic heterocycles. The average Bonchev–Trinajstić information content (AvgIpc) is 2.52. The summed E-state index contributed by atoms with van der Waals surface area (Å²) in [7, 11) is 0. The van der Waals surface area contributed by atoms with Crippen LogP contribution in [0.3, 0.4) is 0 Å². The van der Waals surface area contributed by atoms with Gasteiger partial charge < -0.3 is 15.4 Å². The van der Waals surface area contributed by atoms with Crippen molar-refractivity contribution in [2.75, 3.05) is 19.7 Å². The highest BCUT2D eigenvalue weighted by molar-refractivity contribution is 4.78.